The van der Waals surface area contributed by atoms with Gasteiger partial charge in [-0.3, -0.25) is 0 Å². The molecule has 1 rings (SSSR count). The van der Waals surface area contributed by atoms with Gasteiger partial charge in [-0.1, -0.05) is 34.1 Å². The van der Waals surface area contributed by atoms with Gasteiger partial charge in [-0.25, -0.2) is 0 Å². The minimum absolute atomic E-state index is 0.0355. The predicted molar refractivity (Wildman–Crippen MR) is 71.3 cm³/mol. The lowest BCUT2D eigenvalue weighted by Crippen LogP contribution is -2.39. The molecule has 1 heterocycles. The summed E-state index contributed by atoms with van der Waals surface area (Å²) in [6, 6.07) is 3.69. The van der Waals surface area contributed by atoms with Crippen molar-refractivity contribution in [1.82, 2.24) is 0 Å². The number of ether oxygens (including phenoxy) is 1. The van der Waals surface area contributed by atoms with Gasteiger partial charge in [0.05, 0.1) is 12.7 Å². The molecular formula is C13H28O2Si. The smallest absolute Gasteiger partial charge is 0.192 e. The van der Waals surface area contributed by atoms with Crippen molar-refractivity contribution in [2.75, 3.05) is 6.61 Å². The van der Waals surface area contributed by atoms with Gasteiger partial charge in [-0.15, -0.1) is 0 Å². The number of hydrogen-bond acceptors (Lipinski definition) is 2. The lowest BCUT2D eigenvalue weighted by Gasteiger charge is -2.29. The van der Waals surface area contributed by atoms with E-state index in [0.29, 0.717) is 6.10 Å². The topological polar surface area (TPSA) is 21.8 Å². The fourth-order valence-corrected chi connectivity index (χ4v) is 5.10. The molecule has 0 unspecified atom stereocenters. The molecule has 96 valence electrons. The summed E-state index contributed by atoms with van der Waals surface area (Å²) in [5.74, 6) is 0. The molecule has 0 saturated carbocycles. The van der Waals surface area contributed by atoms with E-state index in [9.17, 15) is 0 Å². The molecule has 0 radical (unpaired) electrons. The van der Waals surface area contributed by atoms with E-state index in [-0.39, 0.29) is 5.60 Å². The van der Waals surface area contributed by atoms with Crippen LogP contribution in [-0.2, 0) is 9.16 Å². The molecule has 1 aliphatic rings. The normalized spacial score (nSPS) is 29.4. The number of hydrogen-bond donors (Lipinski definition) is 0. The first-order chi connectivity index (χ1) is 7.55. The van der Waals surface area contributed by atoms with E-state index < -0.39 is 8.32 Å². The van der Waals surface area contributed by atoms with E-state index in [0.717, 1.165) is 6.61 Å². The van der Waals surface area contributed by atoms with E-state index in [4.69, 9.17) is 9.16 Å². The van der Waals surface area contributed by atoms with Crippen molar-refractivity contribution in [1.29, 1.82) is 0 Å². The average molecular weight is 244 g/mol. The Labute approximate surface area is 102 Å². The summed E-state index contributed by atoms with van der Waals surface area (Å²) in [5, 5.41) is 0. The molecule has 0 spiro atoms. The van der Waals surface area contributed by atoms with Crippen LogP contribution in [0.4, 0.5) is 0 Å². The Morgan fingerprint density at radius 2 is 1.69 bits per heavy atom. The summed E-state index contributed by atoms with van der Waals surface area (Å²) in [6.07, 6.45) is 2.84. The largest absolute Gasteiger partial charge is 0.414 e. The van der Waals surface area contributed by atoms with Gasteiger partial charge in [0.2, 0.25) is 0 Å². The van der Waals surface area contributed by atoms with Gasteiger partial charge in [0.1, 0.15) is 5.60 Å². The summed E-state index contributed by atoms with van der Waals surface area (Å²) < 4.78 is 12.1. The highest BCUT2D eigenvalue weighted by Gasteiger charge is 2.52. The second kappa shape index (κ2) is 5.65. The molecule has 0 aromatic rings. The summed E-state index contributed by atoms with van der Waals surface area (Å²) in [6.45, 7) is 12.1. The van der Waals surface area contributed by atoms with E-state index in [2.05, 4.69) is 34.6 Å². The van der Waals surface area contributed by atoms with E-state index in [1.54, 1.807) is 0 Å². The maximum absolute atomic E-state index is 6.29. The molecule has 16 heavy (non-hydrogen) atoms. The van der Waals surface area contributed by atoms with Crippen molar-refractivity contribution < 1.29 is 9.16 Å². The molecule has 2 atom stereocenters. The van der Waals surface area contributed by atoms with Gasteiger partial charge in [0, 0.05) is 0 Å². The van der Waals surface area contributed by atoms with Crippen molar-refractivity contribution in [2.45, 2.75) is 77.3 Å². The molecule has 2 nitrogen and oxygen atoms in total. The number of epoxide rings is 1. The van der Waals surface area contributed by atoms with Crippen LogP contribution in [0, 0.1) is 0 Å². The third-order valence-corrected chi connectivity index (χ3v) is 8.81. The van der Waals surface area contributed by atoms with E-state index in [1.807, 2.05) is 0 Å². The quantitative estimate of drug-likeness (QED) is 0.476. The molecule has 0 N–H and O–H groups in total. The van der Waals surface area contributed by atoms with E-state index >= 15 is 0 Å². The van der Waals surface area contributed by atoms with Crippen LogP contribution in [0.2, 0.25) is 18.1 Å². The van der Waals surface area contributed by atoms with Crippen LogP contribution in [-0.4, -0.2) is 26.6 Å². The van der Waals surface area contributed by atoms with Crippen LogP contribution < -0.4 is 0 Å². The zero-order valence-electron chi connectivity index (χ0n) is 11.6. The first-order valence-electron chi connectivity index (χ1n) is 6.87. The summed E-state index contributed by atoms with van der Waals surface area (Å²) in [7, 11) is -1.42. The first kappa shape index (κ1) is 14.2. The van der Waals surface area contributed by atoms with Crippen LogP contribution in [0.3, 0.4) is 0 Å². The van der Waals surface area contributed by atoms with Crippen molar-refractivity contribution in [3.8, 4) is 0 Å². The lowest BCUT2D eigenvalue weighted by atomic mass is 10.1. The Morgan fingerprint density at radius 3 is 2.12 bits per heavy atom. The van der Waals surface area contributed by atoms with Crippen molar-refractivity contribution in [2.24, 2.45) is 0 Å². The van der Waals surface area contributed by atoms with Crippen LogP contribution in [0.1, 0.15) is 47.5 Å². The zero-order valence-corrected chi connectivity index (χ0v) is 12.6. The maximum Gasteiger partial charge on any atom is 0.192 e. The molecule has 1 saturated heterocycles. The highest BCUT2D eigenvalue weighted by atomic mass is 28.4. The molecule has 0 amide bonds. The second-order valence-corrected chi connectivity index (χ2v) is 10.0. The first-order valence-corrected chi connectivity index (χ1v) is 9.40. The van der Waals surface area contributed by atoms with Gasteiger partial charge in [-0.2, -0.15) is 0 Å². The highest BCUT2D eigenvalue weighted by molar-refractivity contribution is 6.73. The van der Waals surface area contributed by atoms with Crippen molar-refractivity contribution in [3.05, 3.63) is 0 Å². The van der Waals surface area contributed by atoms with Crippen LogP contribution in [0.15, 0.2) is 0 Å². The van der Waals surface area contributed by atoms with Crippen LogP contribution in [0.5, 0.6) is 0 Å². The standard InChI is InChI=1S/C13H28O2Si/c1-6-10-12-13(5,15-12)11-14-16(7-2,8-3)9-4/h12H,6-11H2,1-5H3/t12-,13-/m1/s1. The zero-order chi connectivity index (χ0) is 12.2. The Morgan fingerprint density at radius 1 is 1.12 bits per heavy atom. The molecule has 0 aliphatic carbocycles. The minimum Gasteiger partial charge on any atom is -0.414 e. The monoisotopic (exact) mass is 244 g/mol. The van der Waals surface area contributed by atoms with Crippen molar-refractivity contribution >= 4 is 8.32 Å². The molecule has 0 bridgehead atoms. The van der Waals surface area contributed by atoms with Crippen LogP contribution >= 0.6 is 0 Å². The van der Waals surface area contributed by atoms with E-state index in [1.165, 1.54) is 31.0 Å². The van der Waals surface area contributed by atoms with Gasteiger partial charge in [-0.05, 0) is 31.5 Å². The van der Waals surface area contributed by atoms with Crippen LogP contribution in [0.25, 0.3) is 0 Å². The fourth-order valence-electron chi connectivity index (χ4n) is 2.40. The second-order valence-electron chi connectivity index (χ2n) is 5.24. The summed E-state index contributed by atoms with van der Waals surface area (Å²) in [5.41, 5.74) is 0.0355. The molecule has 1 fully saturated rings. The van der Waals surface area contributed by atoms with Gasteiger partial charge >= 0.3 is 0 Å². The minimum atomic E-state index is -1.42. The lowest BCUT2D eigenvalue weighted by molar-refractivity contribution is 0.191. The summed E-state index contributed by atoms with van der Waals surface area (Å²) >= 11 is 0. The third-order valence-electron chi connectivity index (χ3n) is 4.18. The predicted octanol–water partition coefficient (Wildman–Crippen LogP) is 3.97. The SMILES string of the molecule is CCC[C@H]1O[C@]1(C)CO[Si](CC)(CC)CC. The Kier molecular flexibility index (Phi) is 5.01. The fraction of sp³-hybridized carbons (Fsp3) is 1.00. The van der Waals surface area contributed by atoms with Gasteiger partial charge in [0.25, 0.3) is 0 Å². The average Bonchev–Trinajstić information content (AvgIpc) is 2.93. The Bertz CT molecular complexity index is 208. The summed E-state index contributed by atoms with van der Waals surface area (Å²) in [4.78, 5) is 0. The maximum atomic E-state index is 6.29. The molecule has 3 heteroatoms. The molecule has 0 aromatic carbocycles. The molecular weight excluding hydrogens is 216 g/mol. The van der Waals surface area contributed by atoms with Gasteiger partial charge in [0.15, 0.2) is 8.32 Å². The Hall–Kier alpha value is 0.137. The Balaban J connectivity index is 2.39. The van der Waals surface area contributed by atoms with Crippen molar-refractivity contribution in [3.63, 3.8) is 0 Å². The molecule has 0 aromatic heterocycles. The highest BCUT2D eigenvalue weighted by Crippen LogP contribution is 2.40. The molecule has 1 aliphatic heterocycles. The van der Waals surface area contributed by atoms with Gasteiger partial charge < -0.3 is 9.16 Å². The third kappa shape index (κ3) is 3.08. The number of rotatable bonds is 8.